The number of carbonyl (C=O) groups is 2. The Morgan fingerprint density at radius 3 is 2.41 bits per heavy atom. The molecule has 2 atom stereocenters. The summed E-state index contributed by atoms with van der Waals surface area (Å²) in [4.78, 5) is 24.3. The highest BCUT2D eigenvalue weighted by atomic mass is 32.2. The molecule has 156 valence electrons. The van der Waals surface area contributed by atoms with Crippen LogP contribution in [-0.2, 0) is 19.6 Å². The van der Waals surface area contributed by atoms with Crippen molar-refractivity contribution in [3.8, 4) is 0 Å². The van der Waals surface area contributed by atoms with Gasteiger partial charge in [0.05, 0.1) is 16.5 Å². The molecule has 0 saturated heterocycles. The van der Waals surface area contributed by atoms with Gasteiger partial charge in [0.25, 0.3) is 5.91 Å². The Bertz CT molecular complexity index is 980. The minimum Gasteiger partial charge on any atom is -0.449 e. The van der Waals surface area contributed by atoms with E-state index < -0.39 is 44.3 Å². The van der Waals surface area contributed by atoms with E-state index in [1.807, 2.05) is 37.3 Å². The molecule has 1 amide bonds. The van der Waals surface area contributed by atoms with Crippen LogP contribution in [0.25, 0.3) is 0 Å². The second-order valence-corrected chi connectivity index (χ2v) is 8.06. The van der Waals surface area contributed by atoms with E-state index in [2.05, 4.69) is 5.32 Å². The van der Waals surface area contributed by atoms with Gasteiger partial charge in [-0.15, -0.1) is 0 Å². The first kappa shape index (κ1) is 22.5. The normalized spacial score (nSPS) is 13.4. The van der Waals surface area contributed by atoms with E-state index in [0.29, 0.717) is 6.42 Å². The number of carbonyl (C=O) groups excluding carboxylic acids is 2. The number of rotatable bonds is 8. The summed E-state index contributed by atoms with van der Waals surface area (Å²) in [5.74, 6) is -2.70. The Labute approximate surface area is 169 Å². The quantitative estimate of drug-likeness (QED) is 0.635. The van der Waals surface area contributed by atoms with E-state index in [4.69, 9.17) is 9.88 Å². The van der Waals surface area contributed by atoms with Crippen LogP contribution in [0.4, 0.5) is 4.39 Å². The molecule has 3 N–H and O–H groups in total. The summed E-state index contributed by atoms with van der Waals surface area (Å²) in [5.41, 5.74) is 0.289. The van der Waals surface area contributed by atoms with Gasteiger partial charge in [-0.1, -0.05) is 43.7 Å². The fourth-order valence-corrected chi connectivity index (χ4v) is 3.24. The van der Waals surface area contributed by atoms with Crippen LogP contribution in [0.1, 0.15) is 48.7 Å². The molecule has 0 spiro atoms. The average molecular weight is 422 g/mol. The zero-order valence-corrected chi connectivity index (χ0v) is 16.9. The van der Waals surface area contributed by atoms with Crippen molar-refractivity contribution in [3.63, 3.8) is 0 Å². The van der Waals surface area contributed by atoms with Gasteiger partial charge in [0.15, 0.2) is 6.10 Å². The fraction of sp³-hybridized carbons (Fsp3) is 0.300. The van der Waals surface area contributed by atoms with Gasteiger partial charge in [-0.2, -0.15) is 0 Å². The van der Waals surface area contributed by atoms with Crippen LogP contribution < -0.4 is 10.5 Å². The fourth-order valence-electron chi connectivity index (χ4n) is 2.70. The van der Waals surface area contributed by atoms with Gasteiger partial charge in [-0.25, -0.2) is 22.7 Å². The molecule has 0 aliphatic carbocycles. The predicted molar refractivity (Wildman–Crippen MR) is 105 cm³/mol. The van der Waals surface area contributed by atoms with Crippen molar-refractivity contribution in [1.29, 1.82) is 0 Å². The standard InChI is InChI=1S/C20H23FN2O5S/c1-3-7-18(14-8-5-4-6-9-14)23-19(24)13(2)28-20(25)16-12-15(29(22,26)27)10-11-17(16)21/h4-6,8-13,18H,3,7H2,1-2H3,(H,23,24)(H2,22,26,27)/t13-,18-/m0/s1. The van der Waals surface area contributed by atoms with Crippen LogP contribution in [0, 0.1) is 5.82 Å². The second-order valence-electron chi connectivity index (χ2n) is 6.49. The maximum atomic E-state index is 14.0. The average Bonchev–Trinajstić information content (AvgIpc) is 2.67. The van der Waals surface area contributed by atoms with Crippen molar-refractivity contribution in [2.75, 3.05) is 0 Å². The van der Waals surface area contributed by atoms with Crippen molar-refractivity contribution in [1.82, 2.24) is 5.32 Å². The molecule has 0 unspecified atom stereocenters. The van der Waals surface area contributed by atoms with E-state index in [9.17, 15) is 22.4 Å². The summed E-state index contributed by atoms with van der Waals surface area (Å²) in [5, 5.41) is 7.81. The van der Waals surface area contributed by atoms with Crippen molar-refractivity contribution < 1.29 is 27.1 Å². The molecule has 0 heterocycles. The summed E-state index contributed by atoms with van der Waals surface area (Å²) in [7, 11) is -4.13. The minimum atomic E-state index is -4.13. The lowest BCUT2D eigenvalue weighted by Gasteiger charge is -2.21. The molecule has 2 aromatic carbocycles. The van der Waals surface area contributed by atoms with Crippen LogP contribution in [0.3, 0.4) is 0 Å². The summed E-state index contributed by atoms with van der Waals surface area (Å²) in [6.07, 6.45) is 0.282. The van der Waals surface area contributed by atoms with Crippen LogP contribution in [-0.4, -0.2) is 26.4 Å². The highest BCUT2D eigenvalue weighted by Gasteiger charge is 2.24. The van der Waals surface area contributed by atoms with Gasteiger partial charge >= 0.3 is 5.97 Å². The van der Waals surface area contributed by atoms with E-state index in [1.165, 1.54) is 6.92 Å². The number of amides is 1. The Hall–Kier alpha value is -2.78. The molecule has 29 heavy (non-hydrogen) atoms. The second kappa shape index (κ2) is 9.62. The van der Waals surface area contributed by atoms with Crippen LogP contribution in [0.5, 0.6) is 0 Å². The SMILES string of the molecule is CCC[C@H](NC(=O)[C@H](C)OC(=O)c1cc(S(N)(=O)=O)ccc1F)c1ccccc1. The maximum Gasteiger partial charge on any atom is 0.341 e. The van der Waals surface area contributed by atoms with Gasteiger partial charge in [-0.05, 0) is 37.1 Å². The highest BCUT2D eigenvalue weighted by molar-refractivity contribution is 7.89. The smallest absolute Gasteiger partial charge is 0.341 e. The molecule has 0 fully saturated rings. The molecule has 2 aromatic rings. The van der Waals surface area contributed by atoms with Gasteiger partial charge in [-0.3, -0.25) is 4.79 Å². The summed E-state index contributed by atoms with van der Waals surface area (Å²) in [6.45, 7) is 3.33. The Kier molecular flexibility index (Phi) is 7.46. The maximum absolute atomic E-state index is 14.0. The number of sulfonamides is 1. The molecule has 0 saturated carbocycles. The molecule has 0 bridgehead atoms. The number of nitrogens with two attached hydrogens (primary N) is 1. The van der Waals surface area contributed by atoms with Crippen molar-refractivity contribution >= 4 is 21.9 Å². The van der Waals surface area contributed by atoms with Gasteiger partial charge in [0, 0.05) is 0 Å². The zero-order valence-electron chi connectivity index (χ0n) is 16.1. The topological polar surface area (TPSA) is 116 Å². The van der Waals surface area contributed by atoms with E-state index in [0.717, 1.165) is 30.2 Å². The van der Waals surface area contributed by atoms with Crippen LogP contribution in [0.2, 0.25) is 0 Å². The first-order valence-electron chi connectivity index (χ1n) is 9.02. The van der Waals surface area contributed by atoms with Crippen LogP contribution in [0.15, 0.2) is 53.4 Å². The number of hydrogen-bond acceptors (Lipinski definition) is 5. The third kappa shape index (κ3) is 6.10. The third-order valence-electron chi connectivity index (χ3n) is 4.24. The van der Waals surface area contributed by atoms with Gasteiger partial charge in [0.1, 0.15) is 5.82 Å². The largest absolute Gasteiger partial charge is 0.449 e. The van der Waals surface area contributed by atoms with Crippen molar-refractivity contribution in [3.05, 3.63) is 65.5 Å². The summed E-state index contributed by atoms with van der Waals surface area (Å²) in [6, 6.07) is 11.6. The molecule has 2 rings (SSSR count). The van der Waals surface area contributed by atoms with Gasteiger partial charge in [0.2, 0.25) is 10.0 Å². The summed E-state index contributed by atoms with van der Waals surface area (Å²) < 4.78 is 41.8. The molecule has 0 radical (unpaired) electrons. The van der Waals surface area contributed by atoms with Crippen LogP contribution >= 0.6 is 0 Å². The molecular weight excluding hydrogens is 399 g/mol. The minimum absolute atomic E-state index is 0.266. The zero-order chi connectivity index (χ0) is 21.6. The number of nitrogens with one attached hydrogen (secondary N) is 1. The van der Waals surface area contributed by atoms with E-state index >= 15 is 0 Å². The monoisotopic (exact) mass is 422 g/mol. The Morgan fingerprint density at radius 2 is 1.83 bits per heavy atom. The Morgan fingerprint density at radius 1 is 1.17 bits per heavy atom. The molecular formula is C20H23FN2O5S. The molecule has 0 aliphatic heterocycles. The lowest BCUT2D eigenvalue weighted by molar-refractivity contribution is -0.130. The van der Waals surface area contributed by atoms with Crippen molar-refractivity contribution in [2.24, 2.45) is 5.14 Å². The van der Waals surface area contributed by atoms with E-state index in [-0.39, 0.29) is 6.04 Å². The predicted octanol–water partition coefficient (Wildman–Crippen LogP) is 2.68. The summed E-state index contributed by atoms with van der Waals surface area (Å²) >= 11 is 0. The molecule has 0 aliphatic rings. The number of primary sulfonamides is 1. The highest BCUT2D eigenvalue weighted by Crippen LogP contribution is 2.19. The van der Waals surface area contributed by atoms with Gasteiger partial charge < -0.3 is 10.1 Å². The molecule has 9 heteroatoms. The number of hydrogen-bond donors (Lipinski definition) is 2. The number of benzene rings is 2. The molecule has 7 nitrogen and oxygen atoms in total. The lowest BCUT2D eigenvalue weighted by atomic mass is 10.0. The third-order valence-corrected chi connectivity index (χ3v) is 5.15. The Balaban J connectivity index is 2.11. The van der Waals surface area contributed by atoms with E-state index in [1.54, 1.807) is 0 Å². The first-order chi connectivity index (χ1) is 13.6. The lowest BCUT2D eigenvalue weighted by Crippen LogP contribution is -2.38. The number of esters is 1. The molecule has 0 aromatic heterocycles. The number of halogens is 1. The van der Waals surface area contributed by atoms with Crippen molar-refractivity contribution in [2.45, 2.75) is 43.7 Å². The number of ether oxygens (including phenoxy) is 1. The first-order valence-corrected chi connectivity index (χ1v) is 10.6.